The molecule has 0 aliphatic carbocycles. The minimum absolute atomic E-state index is 0.0170. The van der Waals surface area contributed by atoms with Crippen molar-refractivity contribution in [3.8, 4) is 0 Å². The fourth-order valence-electron chi connectivity index (χ4n) is 1.59. The molecule has 22 heavy (non-hydrogen) atoms. The summed E-state index contributed by atoms with van der Waals surface area (Å²) in [4.78, 5) is 16.1. The van der Waals surface area contributed by atoms with Crippen molar-refractivity contribution in [2.45, 2.75) is 18.2 Å². The molecule has 0 amide bonds. The lowest BCUT2D eigenvalue weighted by Crippen LogP contribution is -2.13. The highest BCUT2D eigenvalue weighted by molar-refractivity contribution is 7.94. The van der Waals surface area contributed by atoms with E-state index in [9.17, 15) is 13.2 Å². The minimum Gasteiger partial charge on any atom is -0.461 e. The van der Waals surface area contributed by atoms with Crippen LogP contribution in [0.1, 0.15) is 22.3 Å². The number of carbonyl (C=O) groups is 1. The average molecular weight is 361 g/mol. The van der Waals surface area contributed by atoms with Gasteiger partial charge in [-0.05, 0) is 38.1 Å². The van der Waals surface area contributed by atoms with Crippen LogP contribution in [0.15, 0.2) is 28.6 Å². The quantitative estimate of drug-likeness (QED) is 0.828. The van der Waals surface area contributed by atoms with Crippen molar-refractivity contribution in [1.29, 1.82) is 0 Å². The lowest BCUT2D eigenvalue weighted by molar-refractivity contribution is 0.0519. The van der Waals surface area contributed by atoms with E-state index in [2.05, 4.69) is 9.71 Å². The van der Waals surface area contributed by atoms with E-state index in [0.717, 1.165) is 11.3 Å². The van der Waals surface area contributed by atoms with Gasteiger partial charge in [0.05, 0.1) is 6.61 Å². The third-order valence-electron chi connectivity index (χ3n) is 2.57. The third kappa shape index (κ3) is 3.76. The number of ether oxygens (including phenoxy) is 1. The average Bonchev–Trinajstić information content (AvgIpc) is 2.84. The van der Waals surface area contributed by atoms with Crippen LogP contribution in [-0.2, 0) is 14.8 Å². The molecule has 0 fully saturated rings. The van der Waals surface area contributed by atoms with Crippen molar-refractivity contribution in [3.63, 3.8) is 0 Å². The summed E-state index contributed by atoms with van der Waals surface area (Å²) in [5.74, 6) is -0.635. The fourth-order valence-corrected chi connectivity index (χ4v) is 4.03. The summed E-state index contributed by atoms with van der Waals surface area (Å²) < 4.78 is 31.6. The first-order chi connectivity index (χ1) is 10.3. The van der Waals surface area contributed by atoms with Crippen LogP contribution in [0, 0.1) is 6.92 Å². The molecule has 0 spiro atoms. The molecule has 0 radical (unpaired) electrons. The lowest BCUT2D eigenvalue weighted by Gasteiger charge is -2.05. The van der Waals surface area contributed by atoms with Crippen molar-refractivity contribution in [2.24, 2.45) is 0 Å². The van der Waals surface area contributed by atoms with Gasteiger partial charge < -0.3 is 4.74 Å². The molecule has 0 aliphatic heterocycles. The SMILES string of the molecule is CCOC(=O)c1nc(S(=O)(=O)Nc2ccc(Cl)cc2)sc1C. The Bertz CT molecular complexity index is 785. The molecule has 2 aromatic rings. The number of aryl methyl sites for hydroxylation is 1. The molecule has 2 rings (SSSR count). The summed E-state index contributed by atoms with van der Waals surface area (Å²) in [6.45, 7) is 3.48. The maximum Gasteiger partial charge on any atom is 0.358 e. The summed E-state index contributed by atoms with van der Waals surface area (Å²) >= 11 is 6.66. The minimum atomic E-state index is -3.87. The molecule has 0 saturated carbocycles. The summed E-state index contributed by atoms with van der Waals surface area (Å²) in [5, 5.41) is 0.498. The zero-order valence-electron chi connectivity index (χ0n) is 11.8. The Labute approximate surface area is 137 Å². The molecule has 6 nitrogen and oxygen atoms in total. The van der Waals surface area contributed by atoms with Gasteiger partial charge in [0.15, 0.2) is 5.69 Å². The number of halogens is 1. The van der Waals surface area contributed by atoms with Gasteiger partial charge in [0.25, 0.3) is 10.0 Å². The zero-order chi connectivity index (χ0) is 16.3. The summed E-state index contributed by atoms with van der Waals surface area (Å²) in [7, 11) is -3.87. The number of sulfonamides is 1. The molecule has 0 atom stereocenters. The normalized spacial score (nSPS) is 11.2. The van der Waals surface area contributed by atoms with Crippen LogP contribution in [0.25, 0.3) is 0 Å². The van der Waals surface area contributed by atoms with E-state index in [4.69, 9.17) is 16.3 Å². The zero-order valence-corrected chi connectivity index (χ0v) is 14.2. The number of aromatic nitrogens is 1. The molecular weight excluding hydrogens is 348 g/mol. The van der Waals surface area contributed by atoms with Gasteiger partial charge in [0, 0.05) is 15.6 Å². The second kappa shape index (κ2) is 6.64. The number of nitrogens with one attached hydrogen (secondary N) is 1. The second-order valence-electron chi connectivity index (χ2n) is 4.22. The molecule has 1 heterocycles. The van der Waals surface area contributed by atoms with Gasteiger partial charge in [0.2, 0.25) is 4.34 Å². The highest BCUT2D eigenvalue weighted by Crippen LogP contribution is 2.25. The number of hydrogen-bond donors (Lipinski definition) is 1. The number of carbonyl (C=O) groups excluding carboxylic acids is 1. The van der Waals surface area contributed by atoms with Crippen LogP contribution in [0.5, 0.6) is 0 Å². The number of esters is 1. The van der Waals surface area contributed by atoms with Crippen LogP contribution >= 0.6 is 22.9 Å². The number of benzene rings is 1. The molecule has 9 heteroatoms. The van der Waals surface area contributed by atoms with E-state index < -0.39 is 16.0 Å². The van der Waals surface area contributed by atoms with Crippen LogP contribution in [0.2, 0.25) is 5.02 Å². The van der Waals surface area contributed by atoms with Crippen molar-refractivity contribution in [3.05, 3.63) is 39.9 Å². The lowest BCUT2D eigenvalue weighted by atomic mass is 10.3. The Balaban J connectivity index is 2.28. The Kier molecular flexibility index (Phi) is 5.05. The molecule has 0 saturated heterocycles. The van der Waals surface area contributed by atoms with Gasteiger partial charge in [0.1, 0.15) is 0 Å². The van der Waals surface area contributed by atoms with E-state index in [1.807, 2.05) is 0 Å². The summed E-state index contributed by atoms with van der Waals surface area (Å²) in [5.41, 5.74) is 0.373. The number of thiazole rings is 1. The molecule has 0 bridgehead atoms. The molecule has 1 N–H and O–H groups in total. The maximum absolute atomic E-state index is 12.3. The van der Waals surface area contributed by atoms with Gasteiger partial charge in [-0.25, -0.2) is 9.78 Å². The molecule has 1 aromatic heterocycles. The number of hydrogen-bond acceptors (Lipinski definition) is 6. The standard InChI is InChI=1S/C13H13ClN2O4S2/c1-3-20-12(17)11-8(2)21-13(15-11)22(18,19)16-10-6-4-9(14)5-7-10/h4-7,16H,3H2,1-2H3. The monoisotopic (exact) mass is 360 g/mol. The summed E-state index contributed by atoms with van der Waals surface area (Å²) in [6, 6.07) is 6.20. The van der Waals surface area contributed by atoms with Crippen LogP contribution in [-0.4, -0.2) is 26.0 Å². The molecule has 0 aliphatic rings. The van der Waals surface area contributed by atoms with E-state index in [-0.39, 0.29) is 16.6 Å². The van der Waals surface area contributed by atoms with Crippen LogP contribution in [0.4, 0.5) is 5.69 Å². The van der Waals surface area contributed by atoms with Gasteiger partial charge in [-0.3, -0.25) is 4.72 Å². The van der Waals surface area contributed by atoms with Gasteiger partial charge >= 0.3 is 5.97 Å². The summed E-state index contributed by atoms with van der Waals surface area (Å²) in [6.07, 6.45) is 0. The van der Waals surface area contributed by atoms with Crippen LogP contribution < -0.4 is 4.72 Å². The first-order valence-electron chi connectivity index (χ1n) is 6.26. The Morgan fingerprint density at radius 3 is 2.59 bits per heavy atom. The Morgan fingerprint density at radius 2 is 2.00 bits per heavy atom. The van der Waals surface area contributed by atoms with E-state index >= 15 is 0 Å². The van der Waals surface area contributed by atoms with Crippen molar-refractivity contribution in [2.75, 3.05) is 11.3 Å². The van der Waals surface area contributed by atoms with E-state index in [1.54, 1.807) is 26.0 Å². The smallest absolute Gasteiger partial charge is 0.358 e. The Hall–Kier alpha value is -1.64. The molecule has 1 aromatic carbocycles. The molecule has 118 valence electrons. The fraction of sp³-hybridized carbons (Fsp3) is 0.231. The third-order valence-corrected chi connectivity index (χ3v) is 5.55. The largest absolute Gasteiger partial charge is 0.461 e. The first-order valence-corrected chi connectivity index (χ1v) is 8.94. The van der Waals surface area contributed by atoms with Gasteiger partial charge in [-0.1, -0.05) is 11.6 Å². The van der Waals surface area contributed by atoms with Crippen molar-refractivity contribution < 1.29 is 17.9 Å². The number of nitrogens with zero attached hydrogens (tertiary/aromatic N) is 1. The highest BCUT2D eigenvalue weighted by Gasteiger charge is 2.24. The van der Waals surface area contributed by atoms with Crippen molar-refractivity contribution >= 4 is 44.6 Å². The van der Waals surface area contributed by atoms with Crippen LogP contribution in [0.3, 0.4) is 0 Å². The van der Waals surface area contributed by atoms with Gasteiger partial charge in [-0.2, -0.15) is 8.42 Å². The van der Waals surface area contributed by atoms with E-state index in [1.165, 1.54) is 12.1 Å². The maximum atomic E-state index is 12.3. The number of anilines is 1. The van der Waals surface area contributed by atoms with E-state index in [0.29, 0.717) is 15.6 Å². The molecular formula is C13H13ClN2O4S2. The topological polar surface area (TPSA) is 85.4 Å². The van der Waals surface area contributed by atoms with Gasteiger partial charge in [-0.15, -0.1) is 11.3 Å². The highest BCUT2D eigenvalue weighted by atomic mass is 35.5. The second-order valence-corrected chi connectivity index (χ2v) is 7.71. The predicted molar refractivity (Wildman–Crippen MR) is 85.1 cm³/mol. The molecule has 0 unspecified atom stereocenters. The van der Waals surface area contributed by atoms with Crippen molar-refractivity contribution in [1.82, 2.24) is 4.98 Å². The predicted octanol–water partition coefficient (Wildman–Crippen LogP) is 3.08. The number of rotatable bonds is 5. The first kappa shape index (κ1) is 16.7. The Morgan fingerprint density at radius 1 is 1.36 bits per heavy atom.